The van der Waals surface area contributed by atoms with E-state index in [-0.39, 0.29) is 24.4 Å². The van der Waals surface area contributed by atoms with Crippen molar-refractivity contribution >= 4 is 50.9 Å². The molecule has 5 fully saturated rings. The molecule has 2 aromatic carbocycles. The fourth-order valence-electron chi connectivity index (χ4n) is 7.31. The first-order valence-corrected chi connectivity index (χ1v) is 15.5. The number of nitrogens with zero attached hydrogens (tertiary/aromatic N) is 1. The van der Waals surface area contributed by atoms with Crippen molar-refractivity contribution in [1.29, 1.82) is 0 Å². The average Bonchev–Trinajstić information content (AvgIpc) is 3.21. The van der Waals surface area contributed by atoms with Crippen molar-refractivity contribution in [3.05, 3.63) is 51.3 Å². The van der Waals surface area contributed by atoms with Crippen molar-refractivity contribution in [1.82, 2.24) is 4.90 Å². The van der Waals surface area contributed by atoms with Crippen LogP contribution in [0.15, 0.2) is 45.8 Å². The zero-order valence-electron chi connectivity index (χ0n) is 23.0. The van der Waals surface area contributed by atoms with Crippen LogP contribution < -0.4 is 18.9 Å². The number of hydrogen-bond acceptors (Lipinski definition) is 8. The van der Waals surface area contributed by atoms with Crippen molar-refractivity contribution in [3.8, 4) is 23.0 Å². The number of carbonyl (C=O) groups is 3. The van der Waals surface area contributed by atoms with Gasteiger partial charge in [0, 0.05) is 0 Å². The lowest BCUT2D eigenvalue weighted by Gasteiger charge is -2.55. The summed E-state index contributed by atoms with van der Waals surface area (Å²) in [7, 11) is 3.07. The lowest BCUT2D eigenvalue weighted by Crippen LogP contribution is -2.51. The van der Waals surface area contributed by atoms with Crippen molar-refractivity contribution in [2.24, 2.45) is 23.2 Å². The first-order valence-electron chi connectivity index (χ1n) is 13.9. The van der Waals surface area contributed by atoms with Crippen LogP contribution in [-0.2, 0) is 9.59 Å². The van der Waals surface area contributed by atoms with Crippen LogP contribution in [-0.4, -0.2) is 49.4 Å². The van der Waals surface area contributed by atoms with Crippen molar-refractivity contribution in [2.45, 2.75) is 38.5 Å². The minimum atomic E-state index is -0.397. The second kappa shape index (κ2) is 11.4. The fraction of sp³-hybridized carbons (Fsp3) is 0.452. The van der Waals surface area contributed by atoms with E-state index in [0.29, 0.717) is 55.7 Å². The maximum atomic E-state index is 13.6. The molecule has 7 rings (SSSR count). The Morgan fingerprint density at radius 2 is 1.63 bits per heavy atom. The summed E-state index contributed by atoms with van der Waals surface area (Å²) in [5.41, 5.74) is 0.241. The molecule has 41 heavy (non-hydrogen) atoms. The molecule has 10 heteroatoms. The Labute approximate surface area is 251 Å². The molecule has 1 saturated heterocycles. The van der Waals surface area contributed by atoms with Gasteiger partial charge in [-0.25, -0.2) is 0 Å². The molecule has 2 aromatic rings. The van der Waals surface area contributed by atoms with E-state index in [1.165, 1.54) is 31.3 Å². The number of para-hydroxylation sites is 2. The summed E-state index contributed by atoms with van der Waals surface area (Å²) in [6, 6.07) is 10.7. The van der Waals surface area contributed by atoms with Gasteiger partial charge < -0.3 is 18.9 Å². The average molecular weight is 643 g/mol. The molecular formula is C31H32BrNO7S. The van der Waals surface area contributed by atoms with Gasteiger partial charge in [-0.05, 0) is 120 Å². The van der Waals surface area contributed by atoms with Gasteiger partial charge in [0.2, 0.25) is 0 Å². The molecule has 0 atom stereocenters. The number of rotatable bonds is 9. The van der Waals surface area contributed by atoms with Crippen LogP contribution in [0.25, 0.3) is 6.08 Å². The summed E-state index contributed by atoms with van der Waals surface area (Å²) in [5.74, 6) is 3.17. The number of ether oxygens (including phenoxy) is 4. The van der Waals surface area contributed by atoms with E-state index in [4.69, 9.17) is 18.9 Å². The Morgan fingerprint density at radius 3 is 2.27 bits per heavy atom. The predicted octanol–water partition coefficient (Wildman–Crippen LogP) is 6.70. The minimum absolute atomic E-state index is 0.103. The maximum absolute atomic E-state index is 13.6. The van der Waals surface area contributed by atoms with Crippen LogP contribution in [0, 0.1) is 23.2 Å². The monoisotopic (exact) mass is 641 g/mol. The normalized spacial score (nSPS) is 27.4. The number of methoxy groups -OCH3 is 2. The number of amides is 2. The number of hydrogen-bond donors (Lipinski definition) is 0. The third-order valence-electron chi connectivity index (χ3n) is 8.73. The molecule has 0 aromatic heterocycles. The van der Waals surface area contributed by atoms with Crippen LogP contribution in [0.4, 0.5) is 4.79 Å². The molecule has 0 radical (unpaired) electrons. The summed E-state index contributed by atoms with van der Waals surface area (Å²) < 4.78 is 23.2. The van der Waals surface area contributed by atoms with Crippen LogP contribution in [0.3, 0.4) is 0 Å². The molecule has 0 N–H and O–H groups in total. The lowest BCUT2D eigenvalue weighted by atomic mass is 9.49. The van der Waals surface area contributed by atoms with Gasteiger partial charge in [-0.15, -0.1) is 0 Å². The van der Waals surface area contributed by atoms with Gasteiger partial charge in [0.15, 0.2) is 23.0 Å². The highest BCUT2D eigenvalue weighted by Gasteiger charge is 2.55. The standard InChI is InChI=1S/C31H32BrNO7S/c1-37-23-5-3-4-6-24(23)39-8-7-33-28(34)26(41-30(33)36)14-18-12-22(32)27(25(13-18)38-2)40-29(35)31-15-19-9-20(16-31)11-21(10-19)17-31/h3-6,12-14,19-21H,7-11,15-17H2,1-2H3/b26-14-. The molecule has 5 aliphatic rings. The molecular weight excluding hydrogens is 610 g/mol. The van der Waals surface area contributed by atoms with Crippen LogP contribution in [0.5, 0.6) is 23.0 Å². The van der Waals surface area contributed by atoms with Gasteiger partial charge in [0.25, 0.3) is 11.1 Å². The van der Waals surface area contributed by atoms with Crippen LogP contribution >= 0.6 is 27.7 Å². The summed E-state index contributed by atoms with van der Waals surface area (Å²) in [6.45, 7) is 0.237. The molecule has 0 unspecified atom stereocenters. The number of esters is 1. The van der Waals surface area contributed by atoms with E-state index in [0.717, 1.165) is 31.0 Å². The Bertz CT molecular complexity index is 1390. The molecule has 216 valence electrons. The first-order chi connectivity index (χ1) is 19.8. The summed E-state index contributed by atoms with van der Waals surface area (Å²) in [4.78, 5) is 40.7. The van der Waals surface area contributed by atoms with Gasteiger partial charge in [0.1, 0.15) is 6.61 Å². The lowest BCUT2D eigenvalue weighted by molar-refractivity contribution is -0.161. The molecule has 4 saturated carbocycles. The Morgan fingerprint density at radius 1 is 1.00 bits per heavy atom. The van der Waals surface area contributed by atoms with Gasteiger partial charge in [-0.3, -0.25) is 19.3 Å². The Kier molecular flexibility index (Phi) is 7.80. The van der Waals surface area contributed by atoms with Crippen LogP contribution in [0.2, 0.25) is 0 Å². The summed E-state index contributed by atoms with van der Waals surface area (Å²) in [5, 5.41) is -0.364. The third-order valence-corrected chi connectivity index (χ3v) is 10.2. The molecule has 1 heterocycles. The predicted molar refractivity (Wildman–Crippen MR) is 158 cm³/mol. The first kappa shape index (κ1) is 28.2. The van der Waals surface area contributed by atoms with E-state index < -0.39 is 11.3 Å². The van der Waals surface area contributed by atoms with Gasteiger partial charge in [-0.1, -0.05) is 12.1 Å². The van der Waals surface area contributed by atoms with Gasteiger partial charge in [-0.2, -0.15) is 0 Å². The SMILES string of the molecule is COc1ccccc1OCCN1C(=O)S/C(=C\c2cc(Br)c(OC(=O)C34CC5CC(CC(C5)C3)C4)c(OC)c2)C1=O. The highest BCUT2D eigenvalue weighted by Crippen LogP contribution is 2.60. The molecule has 1 aliphatic heterocycles. The Hall–Kier alpha value is -2.98. The second-order valence-corrected chi connectivity index (χ2v) is 13.3. The molecule has 0 spiro atoms. The topological polar surface area (TPSA) is 91.4 Å². The highest BCUT2D eigenvalue weighted by molar-refractivity contribution is 9.10. The number of benzene rings is 2. The van der Waals surface area contributed by atoms with Gasteiger partial charge >= 0.3 is 5.97 Å². The van der Waals surface area contributed by atoms with Crippen molar-refractivity contribution in [3.63, 3.8) is 0 Å². The maximum Gasteiger partial charge on any atom is 0.317 e. The fourth-order valence-corrected chi connectivity index (χ4v) is 8.72. The number of halogens is 1. The van der Waals surface area contributed by atoms with E-state index in [1.54, 1.807) is 37.5 Å². The zero-order valence-corrected chi connectivity index (χ0v) is 25.4. The van der Waals surface area contributed by atoms with E-state index >= 15 is 0 Å². The van der Waals surface area contributed by atoms with Crippen LogP contribution in [0.1, 0.15) is 44.1 Å². The largest absolute Gasteiger partial charge is 0.493 e. The molecule has 8 nitrogen and oxygen atoms in total. The smallest absolute Gasteiger partial charge is 0.317 e. The molecule has 4 aliphatic carbocycles. The number of carbonyl (C=O) groups excluding carboxylic acids is 3. The van der Waals surface area contributed by atoms with Crippen molar-refractivity contribution < 1.29 is 33.3 Å². The number of imide groups is 1. The van der Waals surface area contributed by atoms with E-state index in [9.17, 15) is 14.4 Å². The van der Waals surface area contributed by atoms with E-state index in [2.05, 4.69) is 15.9 Å². The Balaban J connectivity index is 1.14. The molecule has 4 bridgehead atoms. The highest BCUT2D eigenvalue weighted by atomic mass is 79.9. The summed E-state index contributed by atoms with van der Waals surface area (Å²) >= 11 is 4.42. The summed E-state index contributed by atoms with van der Waals surface area (Å²) in [6.07, 6.45) is 8.11. The number of thioether (sulfide) groups is 1. The van der Waals surface area contributed by atoms with Gasteiger partial charge in [0.05, 0.1) is 35.6 Å². The second-order valence-electron chi connectivity index (χ2n) is 11.5. The minimum Gasteiger partial charge on any atom is -0.493 e. The zero-order chi connectivity index (χ0) is 28.7. The quantitative estimate of drug-likeness (QED) is 0.170. The molecule has 2 amide bonds. The van der Waals surface area contributed by atoms with Crippen molar-refractivity contribution in [2.75, 3.05) is 27.4 Å². The third kappa shape index (κ3) is 5.48. The van der Waals surface area contributed by atoms with E-state index in [1.807, 2.05) is 12.1 Å².